The van der Waals surface area contributed by atoms with Crippen molar-refractivity contribution in [3.63, 3.8) is 0 Å². The molecule has 1 aromatic heterocycles. The van der Waals surface area contributed by atoms with Crippen LogP contribution in [0.15, 0.2) is 54.7 Å². The Morgan fingerprint density at radius 2 is 1.96 bits per heavy atom. The fourth-order valence-electron chi connectivity index (χ4n) is 2.87. The van der Waals surface area contributed by atoms with Crippen molar-refractivity contribution in [3.05, 3.63) is 65.9 Å². The van der Waals surface area contributed by atoms with Gasteiger partial charge in [-0.05, 0) is 29.8 Å². The van der Waals surface area contributed by atoms with Crippen molar-refractivity contribution in [2.75, 3.05) is 13.8 Å². The number of hydrogen-bond donors (Lipinski definition) is 0. The SMILES string of the molecule is CN(Cc1ccc2c(c1)OCO2)C(=O)c1ccnc2ccccc12. The van der Waals surface area contributed by atoms with Gasteiger partial charge in [-0.3, -0.25) is 9.78 Å². The Balaban J connectivity index is 1.59. The van der Waals surface area contributed by atoms with Gasteiger partial charge >= 0.3 is 0 Å². The van der Waals surface area contributed by atoms with Crippen LogP contribution in [0.25, 0.3) is 10.9 Å². The third-order valence-corrected chi connectivity index (χ3v) is 4.08. The van der Waals surface area contributed by atoms with Crippen LogP contribution in [-0.4, -0.2) is 29.6 Å². The summed E-state index contributed by atoms with van der Waals surface area (Å²) in [5, 5.41) is 0.863. The Labute approximate surface area is 139 Å². The van der Waals surface area contributed by atoms with Crippen LogP contribution in [0, 0.1) is 0 Å². The van der Waals surface area contributed by atoms with E-state index in [-0.39, 0.29) is 12.7 Å². The summed E-state index contributed by atoms with van der Waals surface area (Å²) in [5.41, 5.74) is 2.47. The molecule has 0 spiro atoms. The molecule has 2 aromatic carbocycles. The van der Waals surface area contributed by atoms with E-state index in [9.17, 15) is 4.79 Å². The summed E-state index contributed by atoms with van der Waals surface area (Å²) in [6, 6.07) is 15.2. The van der Waals surface area contributed by atoms with Gasteiger partial charge in [0.05, 0.1) is 11.1 Å². The molecule has 1 aliphatic heterocycles. The maximum Gasteiger partial charge on any atom is 0.254 e. The normalized spacial score (nSPS) is 12.4. The molecule has 2 heterocycles. The number of carbonyl (C=O) groups excluding carboxylic acids is 1. The molecule has 0 atom stereocenters. The number of aromatic nitrogens is 1. The van der Waals surface area contributed by atoms with Crippen molar-refractivity contribution in [1.29, 1.82) is 0 Å². The number of benzene rings is 2. The van der Waals surface area contributed by atoms with Gasteiger partial charge in [-0.25, -0.2) is 0 Å². The third kappa shape index (κ3) is 2.54. The molecule has 24 heavy (non-hydrogen) atoms. The Hall–Kier alpha value is -3.08. The second kappa shape index (κ2) is 5.85. The highest BCUT2D eigenvalue weighted by atomic mass is 16.7. The van der Waals surface area contributed by atoms with Crippen molar-refractivity contribution >= 4 is 16.8 Å². The predicted octanol–water partition coefficient (Wildman–Crippen LogP) is 3.24. The molecule has 0 radical (unpaired) electrons. The van der Waals surface area contributed by atoms with E-state index in [1.807, 2.05) is 42.5 Å². The smallest absolute Gasteiger partial charge is 0.254 e. The van der Waals surface area contributed by atoms with Gasteiger partial charge in [-0.1, -0.05) is 24.3 Å². The first-order valence-corrected chi connectivity index (χ1v) is 7.70. The van der Waals surface area contributed by atoms with Crippen molar-refractivity contribution in [2.24, 2.45) is 0 Å². The second-order valence-electron chi connectivity index (χ2n) is 5.72. The molecular formula is C19H16N2O3. The Morgan fingerprint density at radius 3 is 2.88 bits per heavy atom. The molecule has 5 heteroatoms. The number of rotatable bonds is 3. The van der Waals surface area contributed by atoms with Crippen LogP contribution >= 0.6 is 0 Å². The predicted molar refractivity (Wildman–Crippen MR) is 90.1 cm³/mol. The summed E-state index contributed by atoms with van der Waals surface area (Å²) in [4.78, 5) is 18.8. The second-order valence-corrected chi connectivity index (χ2v) is 5.72. The molecule has 0 fully saturated rings. The zero-order valence-corrected chi connectivity index (χ0v) is 13.2. The van der Waals surface area contributed by atoms with Gasteiger partial charge in [0.1, 0.15) is 0 Å². The summed E-state index contributed by atoms with van der Waals surface area (Å²) >= 11 is 0. The van der Waals surface area contributed by atoms with E-state index in [2.05, 4.69) is 4.98 Å². The van der Waals surface area contributed by atoms with Gasteiger partial charge in [-0.2, -0.15) is 0 Å². The average Bonchev–Trinajstić information content (AvgIpc) is 3.08. The highest BCUT2D eigenvalue weighted by molar-refractivity contribution is 6.05. The lowest BCUT2D eigenvalue weighted by atomic mass is 10.1. The first-order chi connectivity index (χ1) is 11.7. The quantitative estimate of drug-likeness (QED) is 0.743. The zero-order chi connectivity index (χ0) is 16.5. The number of fused-ring (bicyclic) bond motifs is 2. The Kier molecular flexibility index (Phi) is 3.54. The van der Waals surface area contributed by atoms with E-state index < -0.39 is 0 Å². The van der Waals surface area contributed by atoms with Gasteiger partial charge in [0.25, 0.3) is 5.91 Å². The number of carbonyl (C=O) groups is 1. The molecular weight excluding hydrogens is 304 g/mol. The highest BCUT2D eigenvalue weighted by Gasteiger charge is 2.17. The first-order valence-electron chi connectivity index (χ1n) is 7.70. The van der Waals surface area contributed by atoms with Crippen LogP contribution in [-0.2, 0) is 6.54 Å². The van der Waals surface area contributed by atoms with Crippen molar-refractivity contribution in [3.8, 4) is 11.5 Å². The fraction of sp³-hybridized carbons (Fsp3) is 0.158. The summed E-state index contributed by atoms with van der Waals surface area (Å²) in [6.07, 6.45) is 1.67. The lowest BCUT2D eigenvalue weighted by molar-refractivity contribution is 0.0787. The number of ether oxygens (including phenoxy) is 2. The van der Waals surface area contributed by atoms with E-state index in [0.29, 0.717) is 12.1 Å². The van der Waals surface area contributed by atoms with E-state index in [1.165, 1.54) is 0 Å². The van der Waals surface area contributed by atoms with Crippen molar-refractivity contribution in [1.82, 2.24) is 9.88 Å². The topological polar surface area (TPSA) is 51.7 Å². The van der Waals surface area contributed by atoms with Crippen LogP contribution in [0.1, 0.15) is 15.9 Å². The van der Waals surface area contributed by atoms with Crippen LogP contribution in [0.2, 0.25) is 0 Å². The van der Waals surface area contributed by atoms with Gasteiger partial charge < -0.3 is 14.4 Å². The number of hydrogen-bond acceptors (Lipinski definition) is 4. The maximum absolute atomic E-state index is 12.8. The lowest BCUT2D eigenvalue weighted by Crippen LogP contribution is -2.26. The number of para-hydroxylation sites is 1. The Morgan fingerprint density at radius 1 is 1.12 bits per heavy atom. The summed E-state index contributed by atoms with van der Waals surface area (Å²) in [7, 11) is 1.79. The molecule has 0 bridgehead atoms. The number of nitrogens with zero attached hydrogens (tertiary/aromatic N) is 2. The lowest BCUT2D eigenvalue weighted by Gasteiger charge is -2.18. The molecule has 1 amide bonds. The minimum absolute atomic E-state index is 0.0359. The molecule has 0 saturated heterocycles. The van der Waals surface area contributed by atoms with Crippen LogP contribution in [0.5, 0.6) is 11.5 Å². The monoisotopic (exact) mass is 320 g/mol. The van der Waals surface area contributed by atoms with Gasteiger partial charge in [0, 0.05) is 25.2 Å². The van der Waals surface area contributed by atoms with Gasteiger partial charge in [-0.15, -0.1) is 0 Å². The number of pyridine rings is 1. The fourth-order valence-corrected chi connectivity index (χ4v) is 2.87. The molecule has 4 rings (SSSR count). The standard InChI is InChI=1S/C19H16N2O3/c1-21(11-13-6-7-17-18(10-13)24-12-23-17)19(22)15-8-9-20-16-5-3-2-4-14(15)16/h2-10H,11-12H2,1H3. The largest absolute Gasteiger partial charge is 0.454 e. The maximum atomic E-state index is 12.8. The summed E-state index contributed by atoms with van der Waals surface area (Å²) < 4.78 is 10.7. The van der Waals surface area contributed by atoms with Crippen molar-refractivity contribution in [2.45, 2.75) is 6.54 Å². The van der Waals surface area contributed by atoms with E-state index in [1.54, 1.807) is 24.2 Å². The van der Waals surface area contributed by atoms with Crippen LogP contribution in [0.4, 0.5) is 0 Å². The molecule has 0 unspecified atom stereocenters. The highest BCUT2D eigenvalue weighted by Crippen LogP contribution is 2.32. The molecule has 120 valence electrons. The van der Waals surface area contributed by atoms with Gasteiger partial charge in [0.2, 0.25) is 6.79 Å². The minimum atomic E-state index is -0.0359. The van der Waals surface area contributed by atoms with E-state index >= 15 is 0 Å². The van der Waals surface area contributed by atoms with Crippen molar-refractivity contribution < 1.29 is 14.3 Å². The third-order valence-electron chi connectivity index (χ3n) is 4.08. The average molecular weight is 320 g/mol. The first kappa shape index (κ1) is 14.5. The molecule has 3 aromatic rings. The minimum Gasteiger partial charge on any atom is -0.454 e. The zero-order valence-electron chi connectivity index (χ0n) is 13.2. The van der Waals surface area contributed by atoms with Gasteiger partial charge in [0.15, 0.2) is 11.5 Å². The Bertz CT molecular complexity index is 918. The molecule has 0 N–H and O–H groups in total. The molecule has 0 aliphatic carbocycles. The summed E-state index contributed by atoms with van der Waals surface area (Å²) in [5.74, 6) is 1.43. The van der Waals surface area contributed by atoms with Crippen LogP contribution in [0.3, 0.4) is 0 Å². The molecule has 1 aliphatic rings. The number of amides is 1. The molecule has 5 nitrogen and oxygen atoms in total. The van der Waals surface area contributed by atoms with E-state index in [4.69, 9.17) is 9.47 Å². The van der Waals surface area contributed by atoms with Crippen LogP contribution < -0.4 is 9.47 Å². The summed E-state index contributed by atoms with van der Waals surface area (Å²) in [6.45, 7) is 0.739. The van der Waals surface area contributed by atoms with E-state index in [0.717, 1.165) is 28.0 Å². The molecule has 0 saturated carbocycles.